The number of hydrogen-bond acceptors (Lipinski definition) is 4. The van der Waals surface area contributed by atoms with Crippen molar-refractivity contribution in [2.75, 3.05) is 13.2 Å². The number of aryl methyl sites for hydroxylation is 1. The average molecular weight is 367 g/mol. The lowest BCUT2D eigenvalue weighted by Gasteiger charge is -2.14. The largest absolute Gasteiger partial charge is 0.493 e. The number of H-pyrrole nitrogens is 1. The molecule has 0 radical (unpaired) electrons. The zero-order chi connectivity index (χ0) is 17.9. The molecule has 1 aromatic carbocycles. The van der Waals surface area contributed by atoms with Gasteiger partial charge in [0.1, 0.15) is 5.75 Å². The van der Waals surface area contributed by atoms with Gasteiger partial charge in [0.05, 0.1) is 17.2 Å². The Morgan fingerprint density at radius 2 is 2.23 bits per heavy atom. The zero-order valence-corrected chi connectivity index (χ0v) is 15.4. The predicted octanol–water partition coefficient (Wildman–Crippen LogP) is 3.82. The van der Waals surface area contributed by atoms with Gasteiger partial charge in [0.15, 0.2) is 5.69 Å². The summed E-state index contributed by atoms with van der Waals surface area (Å²) in [6.07, 6.45) is 1.84. The number of amides is 1. The Kier molecular flexibility index (Phi) is 4.75. The van der Waals surface area contributed by atoms with Crippen LogP contribution in [0.4, 0.5) is 0 Å². The second-order valence-corrected chi connectivity index (χ2v) is 7.89. The summed E-state index contributed by atoms with van der Waals surface area (Å²) in [5.41, 5.74) is 2.51. The van der Waals surface area contributed by atoms with Crippen molar-refractivity contribution in [1.82, 2.24) is 15.5 Å². The molecule has 0 saturated carbocycles. The number of carbonyl (C=O) groups excluding carboxylic acids is 1. The summed E-state index contributed by atoms with van der Waals surface area (Å²) in [6.45, 7) is 3.37. The highest BCUT2D eigenvalue weighted by molar-refractivity contribution is 7.15. The number of fused-ring (bicyclic) bond motifs is 1. The number of rotatable bonds is 4. The lowest BCUT2D eigenvalue weighted by molar-refractivity contribution is 0.0940. The number of carbonyl (C=O) groups is 1. The number of nitrogens with zero attached hydrogens (tertiary/aromatic N) is 1. The van der Waals surface area contributed by atoms with Crippen molar-refractivity contribution in [3.05, 3.63) is 58.6 Å². The van der Waals surface area contributed by atoms with Gasteiger partial charge in [0.2, 0.25) is 0 Å². The molecule has 6 heteroatoms. The van der Waals surface area contributed by atoms with Gasteiger partial charge in [-0.2, -0.15) is 5.10 Å². The fourth-order valence-corrected chi connectivity index (χ4v) is 4.04. The van der Waals surface area contributed by atoms with E-state index >= 15 is 0 Å². The Bertz CT molecular complexity index is 915. The fraction of sp³-hybridized carbons (Fsp3) is 0.300. The molecule has 1 aliphatic rings. The average Bonchev–Trinajstić information content (AvgIpc) is 3.24. The molecule has 1 aliphatic heterocycles. The minimum atomic E-state index is -0.140. The first kappa shape index (κ1) is 16.8. The number of aromatic amines is 1. The Hall–Kier alpha value is -2.60. The molecule has 2 N–H and O–H groups in total. The van der Waals surface area contributed by atoms with Crippen molar-refractivity contribution < 1.29 is 9.53 Å². The highest BCUT2D eigenvalue weighted by Crippen LogP contribution is 2.27. The smallest absolute Gasteiger partial charge is 0.271 e. The third-order valence-corrected chi connectivity index (χ3v) is 5.67. The summed E-state index contributed by atoms with van der Waals surface area (Å²) in [5, 5.41) is 10.1. The molecule has 1 atom stereocenters. The molecule has 0 aliphatic carbocycles. The van der Waals surface area contributed by atoms with E-state index in [1.165, 1.54) is 10.4 Å². The van der Waals surface area contributed by atoms with Gasteiger partial charge in [0, 0.05) is 11.4 Å². The topological polar surface area (TPSA) is 67.0 Å². The van der Waals surface area contributed by atoms with Gasteiger partial charge >= 0.3 is 0 Å². The first-order valence-electron chi connectivity index (χ1n) is 8.80. The second-order valence-electron chi connectivity index (χ2n) is 6.60. The van der Waals surface area contributed by atoms with E-state index in [1.807, 2.05) is 30.3 Å². The lowest BCUT2D eigenvalue weighted by Crippen LogP contribution is -2.30. The van der Waals surface area contributed by atoms with E-state index in [4.69, 9.17) is 4.74 Å². The quantitative estimate of drug-likeness (QED) is 0.737. The van der Waals surface area contributed by atoms with Crippen LogP contribution in [-0.2, 0) is 6.42 Å². The van der Waals surface area contributed by atoms with Gasteiger partial charge in [0.25, 0.3) is 5.91 Å². The number of hydrogen-bond donors (Lipinski definition) is 2. The number of ether oxygens (including phenoxy) is 1. The summed E-state index contributed by atoms with van der Waals surface area (Å²) in [5.74, 6) is 1.18. The molecule has 2 aromatic heterocycles. The van der Waals surface area contributed by atoms with Crippen LogP contribution in [0.2, 0.25) is 0 Å². The molecular weight excluding hydrogens is 346 g/mol. The Labute approximate surface area is 156 Å². The first-order valence-corrected chi connectivity index (χ1v) is 9.62. The van der Waals surface area contributed by atoms with Crippen LogP contribution in [0.5, 0.6) is 5.75 Å². The van der Waals surface area contributed by atoms with E-state index in [-0.39, 0.29) is 5.91 Å². The van der Waals surface area contributed by atoms with Crippen LogP contribution in [-0.4, -0.2) is 29.3 Å². The van der Waals surface area contributed by atoms with E-state index in [1.54, 1.807) is 11.3 Å². The molecule has 0 unspecified atom stereocenters. The third kappa shape index (κ3) is 3.65. The number of para-hydroxylation sites is 1. The molecule has 3 aromatic rings. The normalized spacial score (nSPS) is 16.4. The molecule has 4 rings (SSSR count). The fourth-order valence-electron chi connectivity index (χ4n) is 3.21. The monoisotopic (exact) mass is 367 g/mol. The highest BCUT2D eigenvalue weighted by atomic mass is 32.1. The van der Waals surface area contributed by atoms with Crippen molar-refractivity contribution in [1.29, 1.82) is 0 Å². The van der Waals surface area contributed by atoms with Gasteiger partial charge in [-0.05, 0) is 55.5 Å². The molecule has 1 amide bonds. The van der Waals surface area contributed by atoms with Crippen LogP contribution >= 0.6 is 11.3 Å². The van der Waals surface area contributed by atoms with Gasteiger partial charge in [-0.1, -0.05) is 18.2 Å². The molecule has 134 valence electrons. The van der Waals surface area contributed by atoms with Gasteiger partial charge in [-0.15, -0.1) is 11.3 Å². The van der Waals surface area contributed by atoms with E-state index in [2.05, 4.69) is 34.6 Å². The SMILES string of the molecule is Cc1ccc(-c2cc(C(=O)NC[C@H]3CCOc4ccccc4C3)n[nH]2)s1. The van der Waals surface area contributed by atoms with Crippen molar-refractivity contribution in [2.45, 2.75) is 19.8 Å². The summed E-state index contributed by atoms with van der Waals surface area (Å²) < 4.78 is 5.80. The maximum absolute atomic E-state index is 12.4. The van der Waals surface area contributed by atoms with Crippen LogP contribution in [0.25, 0.3) is 10.6 Å². The number of thiophene rings is 1. The third-order valence-electron chi connectivity index (χ3n) is 4.63. The summed E-state index contributed by atoms with van der Waals surface area (Å²) in [7, 11) is 0. The zero-order valence-electron chi connectivity index (χ0n) is 14.6. The van der Waals surface area contributed by atoms with Gasteiger partial charge in [-0.3, -0.25) is 9.89 Å². The number of nitrogens with one attached hydrogen (secondary N) is 2. The maximum atomic E-state index is 12.4. The van der Waals surface area contributed by atoms with Crippen molar-refractivity contribution in [3.63, 3.8) is 0 Å². The molecule has 0 fully saturated rings. The van der Waals surface area contributed by atoms with Crippen LogP contribution in [0.1, 0.15) is 27.3 Å². The lowest BCUT2D eigenvalue weighted by atomic mass is 9.97. The molecular formula is C20H21N3O2S. The summed E-state index contributed by atoms with van der Waals surface area (Å²) >= 11 is 1.68. The van der Waals surface area contributed by atoms with Crippen molar-refractivity contribution in [3.8, 4) is 16.3 Å². The van der Waals surface area contributed by atoms with Crippen LogP contribution in [0.15, 0.2) is 42.5 Å². The molecule has 3 heterocycles. The minimum Gasteiger partial charge on any atom is -0.493 e. The van der Waals surface area contributed by atoms with E-state index in [9.17, 15) is 4.79 Å². The molecule has 0 bridgehead atoms. The van der Waals surface area contributed by atoms with Crippen LogP contribution < -0.4 is 10.1 Å². The Morgan fingerprint density at radius 3 is 3.08 bits per heavy atom. The van der Waals surface area contributed by atoms with Gasteiger partial charge < -0.3 is 10.1 Å². The predicted molar refractivity (Wildman–Crippen MR) is 103 cm³/mol. The van der Waals surface area contributed by atoms with E-state index in [0.29, 0.717) is 24.8 Å². The molecule has 0 spiro atoms. The Balaban J connectivity index is 1.38. The number of aromatic nitrogens is 2. The summed E-state index contributed by atoms with van der Waals surface area (Å²) in [4.78, 5) is 14.8. The van der Waals surface area contributed by atoms with Crippen LogP contribution in [0, 0.1) is 12.8 Å². The maximum Gasteiger partial charge on any atom is 0.271 e. The van der Waals surface area contributed by atoms with Crippen molar-refractivity contribution in [2.24, 2.45) is 5.92 Å². The minimum absolute atomic E-state index is 0.140. The Morgan fingerprint density at radius 1 is 1.35 bits per heavy atom. The second kappa shape index (κ2) is 7.33. The molecule has 26 heavy (non-hydrogen) atoms. The van der Waals surface area contributed by atoms with E-state index < -0.39 is 0 Å². The van der Waals surface area contributed by atoms with Crippen LogP contribution in [0.3, 0.4) is 0 Å². The first-order chi connectivity index (χ1) is 12.7. The summed E-state index contributed by atoms with van der Waals surface area (Å²) in [6, 6.07) is 14.0. The highest BCUT2D eigenvalue weighted by Gasteiger charge is 2.19. The molecule has 5 nitrogen and oxygen atoms in total. The molecule has 0 saturated heterocycles. The number of benzene rings is 1. The van der Waals surface area contributed by atoms with Gasteiger partial charge in [-0.25, -0.2) is 0 Å². The van der Waals surface area contributed by atoms with E-state index in [0.717, 1.165) is 29.2 Å². The standard InChI is InChI=1S/C20H21N3O2S/c1-13-6-7-19(26-13)16-11-17(23-22-16)20(24)21-12-14-8-9-25-18-5-3-2-4-15(18)10-14/h2-7,11,14H,8-10,12H2,1H3,(H,21,24)(H,22,23)/t14-/m0/s1. The van der Waals surface area contributed by atoms with Crippen molar-refractivity contribution >= 4 is 17.2 Å².